The van der Waals surface area contributed by atoms with Crippen LogP contribution in [0.3, 0.4) is 0 Å². The number of nitrogens with zero attached hydrogens (tertiary/aromatic N) is 1. The fraction of sp³-hybridized carbons (Fsp3) is 0.190. The van der Waals surface area contributed by atoms with E-state index in [-0.39, 0.29) is 12.3 Å². The van der Waals surface area contributed by atoms with Gasteiger partial charge in [-0.15, -0.1) is 0 Å². The topological polar surface area (TPSA) is 93.3 Å². The predicted octanol–water partition coefficient (Wildman–Crippen LogP) is 3.12. The average Bonchev–Trinajstić information content (AvgIpc) is 3.27. The maximum absolute atomic E-state index is 12.8. The van der Waals surface area contributed by atoms with Crippen molar-refractivity contribution in [1.29, 1.82) is 0 Å². The molecule has 0 radical (unpaired) electrons. The van der Waals surface area contributed by atoms with Crippen molar-refractivity contribution in [3.63, 3.8) is 0 Å². The number of amides is 1. The number of nitrogens with one attached hydrogen (secondary N) is 2. The number of methoxy groups -OCH3 is 2. The Balaban J connectivity index is 1.84. The van der Waals surface area contributed by atoms with Crippen LogP contribution >= 0.6 is 0 Å². The van der Waals surface area contributed by atoms with E-state index < -0.39 is 12.0 Å². The quantitative estimate of drug-likeness (QED) is 0.615. The Bertz CT molecular complexity index is 940. The van der Waals surface area contributed by atoms with E-state index >= 15 is 0 Å². The van der Waals surface area contributed by atoms with Crippen LogP contribution in [-0.2, 0) is 9.53 Å². The highest BCUT2D eigenvalue weighted by Gasteiger charge is 2.20. The third-order valence-corrected chi connectivity index (χ3v) is 4.38. The Hall–Kier alpha value is -3.61. The molecule has 0 unspecified atom stereocenters. The number of hydrogen-bond donors (Lipinski definition) is 2. The number of ether oxygens (including phenoxy) is 2. The van der Waals surface area contributed by atoms with Crippen molar-refractivity contribution in [3.8, 4) is 16.9 Å². The molecule has 3 aromatic rings. The third kappa shape index (κ3) is 4.37. The monoisotopic (exact) mass is 379 g/mol. The molecule has 1 atom stereocenters. The minimum absolute atomic E-state index is 0.0382. The normalized spacial score (nSPS) is 11.5. The van der Waals surface area contributed by atoms with Crippen LogP contribution in [0.4, 0.5) is 0 Å². The molecule has 0 aliphatic rings. The van der Waals surface area contributed by atoms with E-state index in [2.05, 4.69) is 15.5 Å². The van der Waals surface area contributed by atoms with Crippen LogP contribution < -0.4 is 10.1 Å². The summed E-state index contributed by atoms with van der Waals surface area (Å²) < 4.78 is 10.2. The molecule has 0 aliphatic carbocycles. The zero-order valence-corrected chi connectivity index (χ0v) is 15.6. The number of esters is 1. The second-order valence-corrected chi connectivity index (χ2v) is 6.12. The number of aromatic nitrogens is 2. The number of hydrogen-bond acceptors (Lipinski definition) is 5. The maximum atomic E-state index is 12.8. The van der Waals surface area contributed by atoms with Gasteiger partial charge in [0, 0.05) is 22.9 Å². The van der Waals surface area contributed by atoms with Gasteiger partial charge in [-0.25, -0.2) is 0 Å². The summed E-state index contributed by atoms with van der Waals surface area (Å²) in [7, 11) is 2.87. The third-order valence-electron chi connectivity index (χ3n) is 4.38. The molecule has 0 fully saturated rings. The van der Waals surface area contributed by atoms with Gasteiger partial charge in [-0.2, -0.15) is 5.10 Å². The molecule has 0 saturated carbocycles. The van der Waals surface area contributed by atoms with Crippen LogP contribution in [-0.4, -0.2) is 36.3 Å². The molecule has 1 aromatic heterocycles. The van der Waals surface area contributed by atoms with E-state index in [4.69, 9.17) is 9.47 Å². The molecule has 2 N–H and O–H groups in total. The zero-order chi connectivity index (χ0) is 19.9. The fourth-order valence-corrected chi connectivity index (χ4v) is 2.90. The van der Waals surface area contributed by atoms with E-state index in [1.165, 1.54) is 7.11 Å². The lowest BCUT2D eigenvalue weighted by molar-refractivity contribution is -0.141. The maximum Gasteiger partial charge on any atom is 0.307 e. The first-order chi connectivity index (χ1) is 13.6. The second-order valence-electron chi connectivity index (χ2n) is 6.12. The Morgan fingerprint density at radius 1 is 1.14 bits per heavy atom. The Morgan fingerprint density at radius 2 is 1.93 bits per heavy atom. The van der Waals surface area contributed by atoms with Gasteiger partial charge in [0.2, 0.25) is 0 Å². The molecule has 28 heavy (non-hydrogen) atoms. The number of H-pyrrole nitrogens is 1. The molecule has 7 nitrogen and oxygen atoms in total. The van der Waals surface area contributed by atoms with Gasteiger partial charge in [0.15, 0.2) is 0 Å². The van der Waals surface area contributed by atoms with Crippen molar-refractivity contribution < 1.29 is 19.1 Å². The van der Waals surface area contributed by atoms with Crippen molar-refractivity contribution in [2.75, 3.05) is 14.2 Å². The molecule has 144 valence electrons. The first-order valence-corrected chi connectivity index (χ1v) is 8.72. The molecule has 0 saturated heterocycles. The van der Waals surface area contributed by atoms with Gasteiger partial charge in [0.05, 0.1) is 32.9 Å². The summed E-state index contributed by atoms with van der Waals surface area (Å²) in [5.41, 5.74) is 2.93. The van der Waals surface area contributed by atoms with Gasteiger partial charge in [-0.1, -0.05) is 30.3 Å². The minimum atomic E-state index is -0.499. The van der Waals surface area contributed by atoms with Crippen molar-refractivity contribution in [2.24, 2.45) is 0 Å². The summed E-state index contributed by atoms with van der Waals surface area (Å²) in [5, 5.41) is 9.60. The van der Waals surface area contributed by atoms with Crippen LogP contribution in [0.5, 0.6) is 5.75 Å². The predicted molar refractivity (Wildman–Crippen MR) is 104 cm³/mol. The van der Waals surface area contributed by atoms with E-state index in [9.17, 15) is 9.59 Å². The van der Waals surface area contributed by atoms with Crippen LogP contribution in [0.15, 0.2) is 60.9 Å². The number of aromatic amines is 1. The Morgan fingerprint density at radius 3 is 2.57 bits per heavy atom. The molecule has 1 amide bonds. The highest BCUT2D eigenvalue weighted by molar-refractivity contribution is 5.96. The molecule has 3 rings (SSSR count). The van der Waals surface area contributed by atoms with Crippen LogP contribution in [0.2, 0.25) is 0 Å². The van der Waals surface area contributed by atoms with Crippen LogP contribution in [0, 0.1) is 0 Å². The molecular formula is C21H21N3O4. The van der Waals surface area contributed by atoms with Gasteiger partial charge in [-0.3, -0.25) is 14.7 Å². The van der Waals surface area contributed by atoms with Crippen molar-refractivity contribution in [3.05, 3.63) is 72.1 Å². The average molecular weight is 379 g/mol. The SMILES string of the molecule is COC(=O)C[C@@H](NC(=O)c1ccc(-c2cn[nH]c2)c(OC)c1)c1ccccc1. The molecule has 2 aromatic carbocycles. The van der Waals surface area contributed by atoms with E-state index in [1.807, 2.05) is 30.3 Å². The summed E-state index contributed by atoms with van der Waals surface area (Å²) in [6.45, 7) is 0. The van der Waals surface area contributed by atoms with Gasteiger partial charge in [0.1, 0.15) is 5.75 Å². The summed E-state index contributed by atoms with van der Waals surface area (Å²) in [5.74, 6) is -0.157. The molecular weight excluding hydrogens is 358 g/mol. The minimum Gasteiger partial charge on any atom is -0.496 e. The fourth-order valence-electron chi connectivity index (χ4n) is 2.90. The summed E-state index contributed by atoms with van der Waals surface area (Å²) in [6, 6.07) is 14.0. The standard InChI is InChI=1S/C21H21N3O4/c1-27-19-10-15(8-9-17(19)16-12-22-23-13-16)21(26)24-18(11-20(25)28-2)14-6-4-3-5-7-14/h3-10,12-13,18H,11H2,1-2H3,(H,22,23)(H,24,26)/t18-/m1/s1. The summed E-state index contributed by atoms with van der Waals surface area (Å²) in [6.07, 6.45) is 3.47. The van der Waals surface area contributed by atoms with E-state index in [0.29, 0.717) is 11.3 Å². The summed E-state index contributed by atoms with van der Waals surface area (Å²) in [4.78, 5) is 24.6. The Labute approximate surface area is 162 Å². The first-order valence-electron chi connectivity index (χ1n) is 8.72. The van der Waals surface area contributed by atoms with Crippen molar-refractivity contribution in [1.82, 2.24) is 15.5 Å². The van der Waals surface area contributed by atoms with Crippen LogP contribution in [0.25, 0.3) is 11.1 Å². The molecule has 7 heteroatoms. The molecule has 0 bridgehead atoms. The van der Waals surface area contributed by atoms with Crippen molar-refractivity contribution in [2.45, 2.75) is 12.5 Å². The first kappa shape index (κ1) is 19.2. The van der Waals surface area contributed by atoms with E-state index in [1.54, 1.807) is 37.7 Å². The molecule has 0 spiro atoms. The number of rotatable bonds is 7. The zero-order valence-electron chi connectivity index (χ0n) is 15.6. The number of carbonyl (C=O) groups excluding carboxylic acids is 2. The number of carbonyl (C=O) groups is 2. The van der Waals surface area contributed by atoms with Crippen LogP contribution in [0.1, 0.15) is 28.4 Å². The smallest absolute Gasteiger partial charge is 0.307 e. The molecule has 0 aliphatic heterocycles. The highest BCUT2D eigenvalue weighted by Crippen LogP contribution is 2.30. The second kappa shape index (κ2) is 8.85. The Kier molecular flexibility index (Phi) is 6.06. The lowest BCUT2D eigenvalue weighted by Gasteiger charge is -2.19. The van der Waals surface area contributed by atoms with Gasteiger partial charge < -0.3 is 14.8 Å². The lowest BCUT2D eigenvalue weighted by atomic mass is 10.0. The van der Waals surface area contributed by atoms with E-state index in [0.717, 1.165) is 16.7 Å². The molecule has 1 heterocycles. The summed E-state index contributed by atoms with van der Waals surface area (Å²) >= 11 is 0. The van der Waals surface area contributed by atoms with Gasteiger partial charge >= 0.3 is 5.97 Å². The van der Waals surface area contributed by atoms with Crippen molar-refractivity contribution >= 4 is 11.9 Å². The van der Waals surface area contributed by atoms with Gasteiger partial charge in [-0.05, 0) is 23.8 Å². The van der Waals surface area contributed by atoms with Gasteiger partial charge in [0.25, 0.3) is 5.91 Å². The highest BCUT2D eigenvalue weighted by atomic mass is 16.5. The largest absolute Gasteiger partial charge is 0.496 e. The lowest BCUT2D eigenvalue weighted by Crippen LogP contribution is -2.30. The number of benzene rings is 2.